The summed E-state index contributed by atoms with van der Waals surface area (Å²) in [7, 11) is 0. The second-order valence-corrected chi connectivity index (χ2v) is 9.58. The van der Waals surface area contributed by atoms with Crippen LogP contribution in [0.15, 0.2) is 61.1 Å². The fourth-order valence-corrected chi connectivity index (χ4v) is 5.23. The first-order valence-electron chi connectivity index (χ1n) is 12.1. The zero-order valence-electron chi connectivity index (χ0n) is 20.0. The molecule has 0 bridgehead atoms. The van der Waals surface area contributed by atoms with Gasteiger partial charge in [-0.15, -0.1) is 0 Å². The van der Waals surface area contributed by atoms with Crippen molar-refractivity contribution in [2.45, 2.75) is 38.1 Å². The van der Waals surface area contributed by atoms with E-state index in [-0.39, 0.29) is 18.4 Å². The SMILES string of the molecule is CC1(C)O[C@H]2[C@H](n3cc(-c4ccccc4)c4c(Nc5ccc6c(c5)OCCO6)ncnc43)OC[C@H]2O1. The molecule has 184 valence electrons. The summed E-state index contributed by atoms with van der Waals surface area (Å²) in [6, 6.07) is 16.0. The van der Waals surface area contributed by atoms with Gasteiger partial charge < -0.3 is 33.6 Å². The van der Waals surface area contributed by atoms with Crippen molar-refractivity contribution in [2.75, 3.05) is 25.1 Å². The number of hydrogen-bond acceptors (Lipinski definition) is 8. The minimum absolute atomic E-state index is 0.125. The number of nitrogens with one attached hydrogen (secondary N) is 1. The first kappa shape index (κ1) is 21.6. The maximum absolute atomic E-state index is 6.23. The predicted molar refractivity (Wildman–Crippen MR) is 132 cm³/mol. The summed E-state index contributed by atoms with van der Waals surface area (Å²) in [6.45, 7) is 5.41. The molecule has 0 amide bonds. The molecule has 5 heterocycles. The summed E-state index contributed by atoms with van der Waals surface area (Å²) >= 11 is 0. The number of anilines is 2. The Kier molecular flexibility index (Phi) is 4.92. The van der Waals surface area contributed by atoms with E-state index in [1.54, 1.807) is 6.33 Å². The summed E-state index contributed by atoms with van der Waals surface area (Å²) in [5.74, 6) is 1.49. The van der Waals surface area contributed by atoms with E-state index >= 15 is 0 Å². The van der Waals surface area contributed by atoms with E-state index in [9.17, 15) is 0 Å². The molecule has 9 heteroatoms. The van der Waals surface area contributed by atoms with Crippen molar-refractivity contribution < 1.29 is 23.7 Å². The van der Waals surface area contributed by atoms with Crippen LogP contribution in [0.3, 0.4) is 0 Å². The van der Waals surface area contributed by atoms with E-state index in [2.05, 4.69) is 33.6 Å². The Bertz CT molecular complexity index is 1440. The fourth-order valence-electron chi connectivity index (χ4n) is 5.23. The molecule has 0 aliphatic carbocycles. The lowest BCUT2D eigenvalue weighted by Crippen LogP contribution is -2.27. The molecule has 0 saturated carbocycles. The average molecular weight is 487 g/mol. The van der Waals surface area contributed by atoms with Gasteiger partial charge in [-0.1, -0.05) is 30.3 Å². The van der Waals surface area contributed by atoms with Crippen molar-refractivity contribution in [3.63, 3.8) is 0 Å². The summed E-state index contributed by atoms with van der Waals surface area (Å²) in [5.41, 5.74) is 3.65. The lowest BCUT2D eigenvalue weighted by molar-refractivity contribution is -0.183. The van der Waals surface area contributed by atoms with Crippen LogP contribution >= 0.6 is 0 Å². The molecule has 0 radical (unpaired) electrons. The van der Waals surface area contributed by atoms with Gasteiger partial charge in [-0.3, -0.25) is 0 Å². The highest BCUT2D eigenvalue weighted by Crippen LogP contribution is 2.44. The van der Waals surface area contributed by atoms with Crippen molar-refractivity contribution >= 4 is 22.5 Å². The van der Waals surface area contributed by atoms with Crippen molar-refractivity contribution in [1.82, 2.24) is 14.5 Å². The standard InChI is InChI=1S/C27H26N4O5/c1-27(2)35-21-14-34-26(23(21)36-27)31-13-18(16-6-4-3-5-7-16)22-24(28-15-29-25(22)31)30-17-8-9-19-20(12-17)33-11-10-32-19/h3-9,12-13,15,21,23,26H,10-11,14H2,1-2H3,(H,28,29,30)/t21-,23-,26-/m1/s1. The Morgan fingerprint density at radius 3 is 2.67 bits per heavy atom. The first-order chi connectivity index (χ1) is 17.6. The maximum Gasteiger partial charge on any atom is 0.164 e. The number of aromatic nitrogens is 3. The molecule has 2 aromatic carbocycles. The second kappa shape index (κ2) is 8.19. The van der Waals surface area contributed by atoms with Gasteiger partial charge in [-0.2, -0.15) is 0 Å². The van der Waals surface area contributed by atoms with Gasteiger partial charge in [0.25, 0.3) is 0 Å². The summed E-state index contributed by atoms with van der Waals surface area (Å²) < 4.78 is 31.9. The largest absolute Gasteiger partial charge is 0.486 e. The number of ether oxygens (including phenoxy) is 5. The van der Waals surface area contributed by atoms with Crippen LogP contribution in [0.25, 0.3) is 22.2 Å². The van der Waals surface area contributed by atoms with E-state index < -0.39 is 5.79 Å². The minimum Gasteiger partial charge on any atom is -0.486 e. The van der Waals surface area contributed by atoms with Crippen LogP contribution in [-0.2, 0) is 14.2 Å². The molecule has 36 heavy (non-hydrogen) atoms. The summed E-state index contributed by atoms with van der Waals surface area (Å²) in [4.78, 5) is 9.31. The monoisotopic (exact) mass is 486 g/mol. The van der Waals surface area contributed by atoms with E-state index in [0.29, 0.717) is 31.4 Å². The van der Waals surface area contributed by atoms with Crippen LogP contribution < -0.4 is 14.8 Å². The van der Waals surface area contributed by atoms with E-state index in [0.717, 1.165) is 33.6 Å². The highest BCUT2D eigenvalue weighted by Gasteiger charge is 2.51. The number of fused-ring (bicyclic) bond motifs is 3. The molecule has 4 aromatic rings. The summed E-state index contributed by atoms with van der Waals surface area (Å²) in [6.07, 6.45) is 2.92. The van der Waals surface area contributed by atoms with Gasteiger partial charge >= 0.3 is 0 Å². The number of hydrogen-bond donors (Lipinski definition) is 1. The second-order valence-electron chi connectivity index (χ2n) is 9.58. The molecule has 3 aliphatic rings. The van der Waals surface area contributed by atoms with Gasteiger partial charge in [0, 0.05) is 23.5 Å². The van der Waals surface area contributed by atoms with Crippen LogP contribution in [0.1, 0.15) is 20.1 Å². The normalized spacial score (nSPS) is 24.1. The van der Waals surface area contributed by atoms with Crippen LogP contribution in [0.5, 0.6) is 11.5 Å². The maximum atomic E-state index is 6.23. The van der Waals surface area contributed by atoms with E-state index in [1.165, 1.54) is 0 Å². The lowest BCUT2D eigenvalue weighted by Gasteiger charge is -2.23. The molecule has 2 aromatic heterocycles. The van der Waals surface area contributed by atoms with Crippen LogP contribution in [-0.4, -0.2) is 52.4 Å². The third kappa shape index (κ3) is 3.59. The minimum atomic E-state index is -0.650. The molecule has 2 fully saturated rings. The van der Waals surface area contributed by atoms with Crippen molar-refractivity contribution in [3.05, 3.63) is 61.1 Å². The Morgan fingerprint density at radius 2 is 1.81 bits per heavy atom. The highest BCUT2D eigenvalue weighted by atomic mass is 16.8. The average Bonchev–Trinajstić information content (AvgIpc) is 3.54. The lowest BCUT2D eigenvalue weighted by atomic mass is 10.1. The molecule has 0 unspecified atom stereocenters. The molecule has 0 spiro atoms. The molecule has 1 N–H and O–H groups in total. The number of nitrogens with zero attached hydrogens (tertiary/aromatic N) is 3. The predicted octanol–water partition coefficient (Wildman–Crippen LogP) is 4.66. The van der Waals surface area contributed by atoms with Gasteiger partial charge in [-0.25, -0.2) is 9.97 Å². The summed E-state index contributed by atoms with van der Waals surface area (Å²) in [5, 5.41) is 4.37. The Hall–Kier alpha value is -3.66. The molecule has 9 nitrogen and oxygen atoms in total. The Balaban J connectivity index is 1.34. The first-order valence-corrected chi connectivity index (χ1v) is 12.1. The van der Waals surface area contributed by atoms with Gasteiger partial charge in [-0.05, 0) is 31.5 Å². The number of benzene rings is 2. The molecule has 2 saturated heterocycles. The Morgan fingerprint density at radius 1 is 0.972 bits per heavy atom. The molecular formula is C27H26N4O5. The molecule has 7 rings (SSSR count). The highest BCUT2D eigenvalue weighted by molar-refractivity contribution is 6.02. The third-order valence-electron chi connectivity index (χ3n) is 6.71. The third-order valence-corrected chi connectivity index (χ3v) is 6.71. The quantitative estimate of drug-likeness (QED) is 0.446. The van der Waals surface area contributed by atoms with Crippen LogP contribution in [0.2, 0.25) is 0 Å². The smallest absolute Gasteiger partial charge is 0.164 e. The van der Waals surface area contributed by atoms with Crippen molar-refractivity contribution in [2.24, 2.45) is 0 Å². The van der Waals surface area contributed by atoms with Crippen LogP contribution in [0.4, 0.5) is 11.5 Å². The van der Waals surface area contributed by atoms with E-state index in [1.807, 2.05) is 54.8 Å². The molecule has 3 aliphatic heterocycles. The molecular weight excluding hydrogens is 460 g/mol. The van der Waals surface area contributed by atoms with Crippen molar-refractivity contribution in [3.8, 4) is 22.6 Å². The van der Waals surface area contributed by atoms with Gasteiger partial charge in [0.05, 0.1) is 12.0 Å². The topological polar surface area (TPSA) is 88.9 Å². The zero-order chi connectivity index (χ0) is 24.3. The Labute approximate surface area is 207 Å². The molecule has 3 atom stereocenters. The van der Waals surface area contributed by atoms with Gasteiger partial charge in [0.15, 0.2) is 23.5 Å². The number of rotatable bonds is 4. The van der Waals surface area contributed by atoms with Crippen LogP contribution in [0, 0.1) is 0 Å². The van der Waals surface area contributed by atoms with Gasteiger partial charge in [0.1, 0.15) is 43.2 Å². The zero-order valence-corrected chi connectivity index (χ0v) is 20.0. The van der Waals surface area contributed by atoms with Gasteiger partial charge in [0.2, 0.25) is 0 Å². The fraction of sp³-hybridized carbons (Fsp3) is 0.333. The van der Waals surface area contributed by atoms with Crippen molar-refractivity contribution in [1.29, 1.82) is 0 Å². The van der Waals surface area contributed by atoms with E-state index in [4.69, 9.17) is 23.7 Å².